The van der Waals surface area contributed by atoms with E-state index >= 15 is 0 Å². The van der Waals surface area contributed by atoms with Crippen LogP contribution in [0.15, 0.2) is 30.3 Å². The van der Waals surface area contributed by atoms with Crippen LogP contribution in [0.25, 0.3) is 10.9 Å². The first kappa shape index (κ1) is 14.2. The van der Waals surface area contributed by atoms with Crippen LogP contribution in [0.5, 0.6) is 0 Å². The normalized spacial score (nSPS) is 18.8. The van der Waals surface area contributed by atoms with Crippen molar-refractivity contribution in [3.63, 3.8) is 0 Å². The fourth-order valence-electron chi connectivity index (χ4n) is 3.02. The van der Waals surface area contributed by atoms with Gasteiger partial charge in [-0.15, -0.1) is 0 Å². The minimum Gasteiger partial charge on any atom is -0.314 e. The van der Waals surface area contributed by atoms with E-state index in [2.05, 4.69) is 10.3 Å². The third kappa shape index (κ3) is 3.48. The Balaban J connectivity index is 1.67. The van der Waals surface area contributed by atoms with Crippen LogP contribution in [0.3, 0.4) is 0 Å². The average Bonchev–Trinajstić information content (AvgIpc) is 2.53. The maximum Gasteiger partial charge on any atom is 0.162 e. The van der Waals surface area contributed by atoms with Gasteiger partial charge in [0.1, 0.15) is 0 Å². The highest BCUT2D eigenvalue weighted by molar-refractivity contribution is 5.99. The predicted molar refractivity (Wildman–Crippen MR) is 85.7 cm³/mol. The van der Waals surface area contributed by atoms with E-state index in [1.54, 1.807) is 0 Å². The molecule has 2 heterocycles. The zero-order valence-electron chi connectivity index (χ0n) is 12.6. The van der Waals surface area contributed by atoms with E-state index in [0.29, 0.717) is 12.5 Å². The molecule has 0 spiro atoms. The van der Waals surface area contributed by atoms with Crippen LogP contribution in [0.4, 0.5) is 0 Å². The predicted octanol–water partition coefficient (Wildman–Crippen LogP) is 3.65. The summed E-state index contributed by atoms with van der Waals surface area (Å²) in [6.07, 6.45) is 5.33. The largest absolute Gasteiger partial charge is 0.314 e. The third-order valence-electron chi connectivity index (χ3n) is 4.28. The molecule has 0 aliphatic carbocycles. The lowest BCUT2D eigenvalue weighted by Crippen LogP contribution is -2.34. The molecular weight excluding hydrogens is 260 g/mol. The van der Waals surface area contributed by atoms with Gasteiger partial charge in [0.15, 0.2) is 5.78 Å². The smallest absolute Gasteiger partial charge is 0.162 e. The zero-order valence-corrected chi connectivity index (χ0v) is 12.6. The number of hydrogen-bond acceptors (Lipinski definition) is 3. The maximum absolute atomic E-state index is 12.3. The lowest BCUT2D eigenvalue weighted by molar-refractivity contribution is 0.0974. The van der Waals surface area contributed by atoms with E-state index in [9.17, 15) is 4.79 Å². The first-order valence-electron chi connectivity index (χ1n) is 7.86. The Bertz CT molecular complexity index is 645. The molecule has 0 saturated carbocycles. The molecule has 21 heavy (non-hydrogen) atoms. The summed E-state index contributed by atoms with van der Waals surface area (Å²) in [4.78, 5) is 16.8. The summed E-state index contributed by atoms with van der Waals surface area (Å²) in [5, 5.41) is 4.54. The number of Topliss-reactive ketones (excluding diaryl/α,β-unsaturated/α-hetero) is 1. The van der Waals surface area contributed by atoms with Gasteiger partial charge in [-0.2, -0.15) is 0 Å². The van der Waals surface area contributed by atoms with Crippen LogP contribution in [0.1, 0.15) is 48.2 Å². The van der Waals surface area contributed by atoms with Gasteiger partial charge >= 0.3 is 0 Å². The number of carbonyl (C=O) groups excluding carboxylic acids is 1. The van der Waals surface area contributed by atoms with Gasteiger partial charge in [-0.3, -0.25) is 9.78 Å². The topological polar surface area (TPSA) is 42.0 Å². The van der Waals surface area contributed by atoms with Crippen LogP contribution in [0.2, 0.25) is 0 Å². The summed E-state index contributed by atoms with van der Waals surface area (Å²) < 4.78 is 0. The fraction of sp³-hybridized carbons (Fsp3) is 0.444. The molecule has 1 aromatic carbocycles. The number of aromatic nitrogens is 1. The number of hydrogen-bond donors (Lipinski definition) is 1. The first-order chi connectivity index (χ1) is 10.2. The summed E-state index contributed by atoms with van der Waals surface area (Å²) >= 11 is 0. The van der Waals surface area contributed by atoms with Crippen molar-refractivity contribution in [2.45, 2.75) is 45.1 Å². The Morgan fingerprint density at radius 2 is 2.19 bits per heavy atom. The van der Waals surface area contributed by atoms with E-state index in [0.717, 1.165) is 35.1 Å². The summed E-state index contributed by atoms with van der Waals surface area (Å²) in [5.74, 6) is 0.241. The number of aryl methyl sites for hydroxylation is 1. The first-order valence-corrected chi connectivity index (χ1v) is 7.86. The average molecular weight is 282 g/mol. The lowest BCUT2D eigenvalue weighted by Gasteiger charge is -2.22. The van der Waals surface area contributed by atoms with E-state index < -0.39 is 0 Å². The summed E-state index contributed by atoms with van der Waals surface area (Å²) in [6.45, 7) is 3.08. The highest BCUT2D eigenvalue weighted by atomic mass is 16.1. The van der Waals surface area contributed by atoms with Crippen molar-refractivity contribution in [2.24, 2.45) is 0 Å². The van der Waals surface area contributed by atoms with Crippen molar-refractivity contribution in [2.75, 3.05) is 6.54 Å². The van der Waals surface area contributed by atoms with Crippen LogP contribution in [-0.4, -0.2) is 23.4 Å². The summed E-state index contributed by atoms with van der Waals surface area (Å²) in [6, 6.07) is 10.4. The van der Waals surface area contributed by atoms with Gasteiger partial charge in [-0.1, -0.05) is 12.5 Å². The molecule has 1 unspecified atom stereocenters. The fourth-order valence-corrected chi connectivity index (χ4v) is 3.02. The molecule has 3 nitrogen and oxygen atoms in total. The van der Waals surface area contributed by atoms with Gasteiger partial charge in [0.05, 0.1) is 5.52 Å². The van der Waals surface area contributed by atoms with Gasteiger partial charge in [0, 0.05) is 29.1 Å². The van der Waals surface area contributed by atoms with E-state index in [4.69, 9.17) is 0 Å². The summed E-state index contributed by atoms with van der Waals surface area (Å²) in [5.41, 5.74) is 2.77. The molecular formula is C18H22N2O. The van der Waals surface area contributed by atoms with Crippen LogP contribution in [0, 0.1) is 6.92 Å². The molecule has 1 aromatic heterocycles. The SMILES string of the molecule is Cc1ccc2cc(C(=O)CCC3CCCCN3)ccc2n1. The Morgan fingerprint density at radius 3 is 3.00 bits per heavy atom. The quantitative estimate of drug-likeness (QED) is 0.870. The molecule has 110 valence electrons. The highest BCUT2D eigenvalue weighted by Crippen LogP contribution is 2.18. The molecule has 1 atom stereocenters. The number of benzene rings is 1. The number of ketones is 1. The Morgan fingerprint density at radius 1 is 1.29 bits per heavy atom. The van der Waals surface area contributed by atoms with E-state index in [1.807, 2.05) is 37.3 Å². The molecule has 3 heteroatoms. The lowest BCUT2D eigenvalue weighted by atomic mass is 9.97. The Labute approximate surface area is 125 Å². The molecule has 1 fully saturated rings. The second-order valence-corrected chi connectivity index (χ2v) is 5.97. The number of fused-ring (bicyclic) bond motifs is 1. The number of rotatable bonds is 4. The second-order valence-electron chi connectivity index (χ2n) is 5.97. The molecule has 0 amide bonds. The molecule has 0 radical (unpaired) electrons. The van der Waals surface area contributed by atoms with Gasteiger partial charge in [0.25, 0.3) is 0 Å². The van der Waals surface area contributed by atoms with E-state index in [-0.39, 0.29) is 5.78 Å². The molecule has 1 aliphatic heterocycles. The molecule has 0 bridgehead atoms. The van der Waals surface area contributed by atoms with Crippen molar-refractivity contribution in [1.29, 1.82) is 0 Å². The molecule has 2 aromatic rings. The van der Waals surface area contributed by atoms with Gasteiger partial charge in [-0.25, -0.2) is 0 Å². The monoisotopic (exact) mass is 282 g/mol. The Kier molecular flexibility index (Phi) is 4.30. The van der Waals surface area contributed by atoms with Gasteiger partial charge in [-0.05, 0) is 57.0 Å². The minimum absolute atomic E-state index is 0.241. The Hall–Kier alpha value is -1.74. The van der Waals surface area contributed by atoms with Crippen LogP contribution in [-0.2, 0) is 0 Å². The molecule has 1 aliphatic rings. The van der Waals surface area contributed by atoms with Crippen molar-refractivity contribution in [1.82, 2.24) is 10.3 Å². The van der Waals surface area contributed by atoms with Gasteiger partial charge < -0.3 is 5.32 Å². The molecule has 1 N–H and O–H groups in total. The second kappa shape index (κ2) is 6.35. The van der Waals surface area contributed by atoms with Gasteiger partial charge in [0.2, 0.25) is 0 Å². The minimum atomic E-state index is 0.241. The van der Waals surface area contributed by atoms with Crippen molar-refractivity contribution in [3.8, 4) is 0 Å². The van der Waals surface area contributed by atoms with Crippen LogP contribution >= 0.6 is 0 Å². The van der Waals surface area contributed by atoms with Crippen molar-refractivity contribution >= 4 is 16.7 Å². The van der Waals surface area contributed by atoms with E-state index in [1.165, 1.54) is 19.3 Å². The standard InChI is InChI=1S/C18H22N2O/c1-13-5-6-14-12-15(7-9-17(14)20-13)18(21)10-8-16-4-2-3-11-19-16/h5-7,9,12,16,19H,2-4,8,10-11H2,1H3. The van der Waals surface area contributed by atoms with Crippen molar-refractivity contribution < 1.29 is 4.79 Å². The molecule has 1 saturated heterocycles. The number of nitrogens with zero attached hydrogens (tertiary/aromatic N) is 1. The number of pyridine rings is 1. The summed E-state index contributed by atoms with van der Waals surface area (Å²) in [7, 11) is 0. The highest BCUT2D eigenvalue weighted by Gasteiger charge is 2.15. The zero-order chi connectivity index (χ0) is 14.7. The molecule has 3 rings (SSSR count). The third-order valence-corrected chi connectivity index (χ3v) is 4.28. The number of piperidine rings is 1. The van der Waals surface area contributed by atoms with Crippen LogP contribution < -0.4 is 5.32 Å². The number of nitrogens with one attached hydrogen (secondary N) is 1. The maximum atomic E-state index is 12.3. The van der Waals surface area contributed by atoms with Crippen molar-refractivity contribution in [3.05, 3.63) is 41.6 Å². The number of carbonyl (C=O) groups is 1.